The van der Waals surface area contributed by atoms with E-state index in [1.807, 2.05) is 0 Å². The van der Waals surface area contributed by atoms with Crippen LogP contribution < -0.4 is 11.1 Å². The molecule has 4 N–H and O–H groups in total. The van der Waals surface area contributed by atoms with Crippen molar-refractivity contribution in [2.75, 3.05) is 0 Å². The summed E-state index contributed by atoms with van der Waals surface area (Å²) in [5, 5.41) is 11.5. The second-order valence-corrected chi connectivity index (χ2v) is 6.48. The van der Waals surface area contributed by atoms with Crippen LogP contribution in [0.4, 0.5) is 4.79 Å². The number of carbonyl (C=O) groups excluding carboxylic acids is 2. The second kappa shape index (κ2) is 6.78. The summed E-state index contributed by atoms with van der Waals surface area (Å²) in [5.74, 6) is -1.97. The molecule has 0 heterocycles. The minimum absolute atomic E-state index is 0.148. The van der Waals surface area contributed by atoms with E-state index in [9.17, 15) is 14.4 Å². The average Bonchev–Trinajstić information content (AvgIpc) is 2.33. The van der Waals surface area contributed by atoms with Crippen LogP contribution >= 0.6 is 0 Å². The number of ether oxygens (including phenoxy) is 1. The number of hydrogen-bond acceptors (Lipinski definition) is 4. The molecule has 1 aliphatic rings. The van der Waals surface area contributed by atoms with E-state index in [4.69, 9.17) is 15.6 Å². The fraction of sp³-hybridized carbons (Fsp3) is 0.786. The predicted molar refractivity (Wildman–Crippen MR) is 75.4 cm³/mol. The fourth-order valence-corrected chi connectivity index (χ4v) is 2.56. The molecule has 0 aromatic rings. The number of alkyl carbamates (subject to hydrolysis) is 1. The summed E-state index contributed by atoms with van der Waals surface area (Å²) in [7, 11) is 0. The molecule has 0 saturated heterocycles. The fourth-order valence-electron chi connectivity index (χ4n) is 2.56. The largest absolute Gasteiger partial charge is 0.481 e. The molecule has 120 valence electrons. The Morgan fingerprint density at radius 1 is 1.19 bits per heavy atom. The van der Waals surface area contributed by atoms with Crippen molar-refractivity contribution < 1.29 is 24.2 Å². The first-order chi connectivity index (χ1) is 9.60. The number of carboxylic acids is 1. The monoisotopic (exact) mass is 300 g/mol. The summed E-state index contributed by atoms with van der Waals surface area (Å²) in [6.45, 7) is 5.18. The van der Waals surface area contributed by atoms with Gasteiger partial charge in [-0.2, -0.15) is 0 Å². The third kappa shape index (κ3) is 5.61. The molecule has 1 saturated carbocycles. The van der Waals surface area contributed by atoms with Gasteiger partial charge >= 0.3 is 12.1 Å². The van der Waals surface area contributed by atoms with Crippen LogP contribution in [0.1, 0.15) is 46.5 Å². The van der Waals surface area contributed by atoms with Crippen LogP contribution in [-0.4, -0.2) is 34.7 Å². The highest BCUT2D eigenvalue weighted by Gasteiger charge is 2.34. The highest BCUT2D eigenvalue weighted by Crippen LogP contribution is 2.31. The van der Waals surface area contributed by atoms with Crippen LogP contribution in [0.3, 0.4) is 0 Å². The topological polar surface area (TPSA) is 119 Å². The number of rotatable bonds is 4. The zero-order valence-corrected chi connectivity index (χ0v) is 12.7. The number of aliphatic carboxylic acids is 1. The van der Waals surface area contributed by atoms with Gasteiger partial charge in [0.2, 0.25) is 5.91 Å². The highest BCUT2D eigenvalue weighted by molar-refractivity contribution is 5.84. The number of amides is 2. The Kier molecular flexibility index (Phi) is 5.57. The van der Waals surface area contributed by atoms with Gasteiger partial charge in [-0.1, -0.05) is 0 Å². The first-order valence-corrected chi connectivity index (χ1v) is 7.12. The van der Waals surface area contributed by atoms with Gasteiger partial charge in [-0.05, 0) is 52.4 Å². The minimum Gasteiger partial charge on any atom is -0.481 e. The Bertz CT molecular complexity index is 408. The molecule has 1 aliphatic carbocycles. The molecule has 2 amide bonds. The van der Waals surface area contributed by atoms with Crippen molar-refractivity contribution in [2.24, 2.45) is 17.6 Å². The van der Waals surface area contributed by atoms with Crippen molar-refractivity contribution in [3.8, 4) is 0 Å². The van der Waals surface area contributed by atoms with Gasteiger partial charge in [0.15, 0.2) is 0 Å². The molecule has 1 atom stereocenters. The molecular formula is C14H24N2O5. The maximum Gasteiger partial charge on any atom is 0.408 e. The summed E-state index contributed by atoms with van der Waals surface area (Å²) in [4.78, 5) is 34.2. The van der Waals surface area contributed by atoms with Gasteiger partial charge in [0.25, 0.3) is 0 Å². The Hall–Kier alpha value is -1.79. The number of carbonyl (C=O) groups is 3. The first kappa shape index (κ1) is 17.3. The second-order valence-electron chi connectivity index (χ2n) is 6.48. The molecule has 21 heavy (non-hydrogen) atoms. The van der Waals surface area contributed by atoms with E-state index in [0.29, 0.717) is 25.7 Å². The van der Waals surface area contributed by atoms with E-state index < -0.39 is 29.6 Å². The van der Waals surface area contributed by atoms with Gasteiger partial charge in [-0.15, -0.1) is 0 Å². The van der Waals surface area contributed by atoms with Crippen molar-refractivity contribution >= 4 is 18.0 Å². The van der Waals surface area contributed by atoms with Crippen molar-refractivity contribution in [2.45, 2.75) is 58.1 Å². The summed E-state index contributed by atoms with van der Waals surface area (Å²) < 4.78 is 5.12. The zero-order chi connectivity index (χ0) is 16.2. The normalized spacial score (nSPS) is 24.0. The predicted octanol–water partition coefficient (Wildman–Crippen LogP) is 1.26. The van der Waals surface area contributed by atoms with Crippen molar-refractivity contribution in [3.63, 3.8) is 0 Å². The summed E-state index contributed by atoms with van der Waals surface area (Å²) in [6, 6.07) is -0.824. The van der Waals surface area contributed by atoms with Gasteiger partial charge in [0.05, 0.1) is 5.92 Å². The van der Waals surface area contributed by atoms with Crippen LogP contribution in [-0.2, 0) is 14.3 Å². The molecule has 1 rings (SSSR count). The van der Waals surface area contributed by atoms with Crippen LogP contribution in [0.25, 0.3) is 0 Å². The average molecular weight is 300 g/mol. The lowest BCUT2D eigenvalue weighted by molar-refractivity contribution is -0.143. The van der Waals surface area contributed by atoms with Gasteiger partial charge in [0, 0.05) is 0 Å². The lowest BCUT2D eigenvalue weighted by Crippen LogP contribution is -2.51. The molecule has 0 bridgehead atoms. The first-order valence-electron chi connectivity index (χ1n) is 7.12. The summed E-state index contributed by atoms with van der Waals surface area (Å²) >= 11 is 0. The van der Waals surface area contributed by atoms with E-state index in [-0.39, 0.29) is 11.8 Å². The number of nitrogens with one attached hydrogen (secondary N) is 1. The molecule has 1 unspecified atom stereocenters. The van der Waals surface area contributed by atoms with E-state index in [0.717, 1.165) is 0 Å². The maximum atomic E-state index is 11.8. The van der Waals surface area contributed by atoms with Crippen molar-refractivity contribution in [1.29, 1.82) is 0 Å². The molecule has 0 aromatic heterocycles. The molecule has 0 aliphatic heterocycles. The van der Waals surface area contributed by atoms with Crippen LogP contribution in [0.15, 0.2) is 0 Å². The minimum atomic E-state index is -0.824. The van der Waals surface area contributed by atoms with Crippen molar-refractivity contribution in [1.82, 2.24) is 5.32 Å². The summed E-state index contributed by atoms with van der Waals surface area (Å²) in [5.41, 5.74) is 4.69. The standard InChI is InChI=1S/C14H24N2O5/c1-14(2,3)21-13(20)16-10(11(15)17)8-4-6-9(7-5-8)12(18)19/h8-10H,4-7H2,1-3H3,(H2,15,17)(H,16,20)(H,18,19)/t8-,9-,10?. The van der Waals surface area contributed by atoms with E-state index >= 15 is 0 Å². The quantitative estimate of drug-likeness (QED) is 0.722. The zero-order valence-electron chi connectivity index (χ0n) is 12.7. The molecule has 0 aromatic carbocycles. The molecule has 7 heteroatoms. The highest BCUT2D eigenvalue weighted by atomic mass is 16.6. The third-order valence-electron chi connectivity index (χ3n) is 3.57. The number of primary amides is 1. The van der Waals surface area contributed by atoms with E-state index in [1.165, 1.54) is 0 Å². The Balaban J connectivity index is 2.61. The van der Waals surface area contributed by atoms with Gasteiger partial charge in [-0.25, -0.2) is 4.79 Å². The lowest BCUT2D eigenvalue weighted by Gasteiger charge is -2.31. The number of carboxylic acid groups (broad SMARTS) is 1. The smallest absolute Gasteiger partial charge is 0.408 e. The molecule has 1 fully saturated rings. The third-order valence-corrected chi connectivity index (χ3v) is 3.57. The Morgan fingerprint density at radius 2 is 1.71 bits per heavy atom. The number of nitrogens with two attached hydrogens (primary N) is 1. The SMILES string of the molecule is CC(C)(C)OC(=O)NC(C(N)=O)[C@H]1CC[C@H](C(=O)O)CC1. The van der Waals surface area contributed by atoms with Gasteiger partial charge in [-0.3, -0.25) is 9.59 Å². The molecular weight excluding hydrogens is 276 g/mol. The van der Waals surface area contributed by atoms with Crippen LogP contribution in [0, 0.1) is 11.8 Å². The molecule has 0 spiro atoms. The van der Waals surface area contributed by atoms with Crippen LogP contribution in [0.5, 0.6) is 0 Å². The molecule has 7 nitrogen and oxygen atoms in total. The maximum absolute atomic E-state index is 11.8. The lowest BCUT2D eigenvalue weighted by atomic mass is 9.78. The summed E-state index contributed by atoms with van der Waals surface area (Å²) in [6.07, 6.45) is 1.37. The van der Waals surface area contributed by atoms with Gasteiger partial charge < -0.3 is 20.9 Å². The van der Waals surface area contributed by atoms with E-state index in [2.05, 4.69) is 5.32 Å². The number of hydrogen-bond donors (Lipinski definition) is 3. The van der Waals surface area contributed by atoms with E-state index in [1.54, 1.807) is 20.8 Å². The Morgan fingerprint density at radius 3 is 2.10 bits per heavy atom. The van der Waals surface area contributed by atoms with Gasteiger partial charge in [0.1, 0.15) is 11.6 Å². The Labute approximate surface area is 124 Å². The van der Waals surface area contributed by atoms with Crippen LogP contribution in [0.2, 0.25) is 0 Å². The van der Waals surface area contributed by atoms with Crippen molar-refractivity contribution in [3.05, 3.63) is 0 Å². The molecule has 0 radical (unpaired) electrons.